The Morgan fingerprint density at radius 2 is 2.00 bits per heavy atom. The molecule has 0 spiro atoms. The summed E-state index contributed by atoms with van der Waals surface area (Å²) in [4.78, 5) is 10.4. The number of halogens is 1. The van der Waals surface area contributed by atoms with E-state index in [-0.39, 0.29) is 40.0 Å². The van der Waals surface area contributed by atoms with Gasteiger partial charge in [-0.25, -0.2) is 8.42 Å². The van der Waals surface area contributed by atoms with Crippen molar-refractivity contribution < 1.29 is 13.3 Å². The van der Waals surface area contributed by atoms with Crippen LogP contribution in [0.1, 0.15) is 25.8 Å². The number of piperidine rings is 1. The summed E-state index contributed by atoms with van der Waals surface area (Å²) in [7, 11) is -3.77. The van der Waals surface area contributed by atoms with Crippen LogP contribution in [0.25, 0.3) is 0 Å². The zero-order valence-electron chi connectivity index (χ0n) is 13.4. The van der Waals surface area contributed by atoms with Crippen molar-refractivity contribution in [3.8, 4) is 0 Å². The van der Waals surface area contributed by atoms with Crippen molar-refractivity contribution in [1.82, 2.24) is 4.31 Å². The molecule has 0 radical (unpaired) electrons. The number of hydrogen-bond donors (Lipinski definition) is 1. The molecule has 1 heterocycles. The van der Waals surface area contributed by atoms with Crippen molar-refractivity contribution >= 4 is 28.1 Å². The molecule has 0 saturated carbocycles. The second kappa shape index (κ2) is 6.72. The van der Waals surface area contributed by atoms with Gasteiger partial charge in [-0.1, -0.05) is 19.9 Å². The summed E-state index contributed by atoms with van der Waals surface area (Å²) < 4.78 is 27.1. The first kappa shape index (κ1) is 19.8. The van der Waals surface area contributed by atoms with Gasteiger partial charge in [0.25, 0.3) is 5.69 Å². The van der Waals surface area contributed by atoms with Crippen LogP contribution in [0.15, 0.2) is 23.1 Å². The van der Waals surface area contributed by atoms with Crippen LogP contribution in [0.5, 0.6) is 0 Å². The van der Waals surface area contributed by atoms with E-state index in [0.29, 0.717) is 19.5 Å². The standard InChI is InChI=1S/C14H21N3O4S.ClH/c1-10-11(17(18)19)5-4-6-12(10)22(20,21)16-8-7-13(15)14(2,3)9-16;/h4-6,13H,7-9,15H2,1-3H3;1H. The van der Waals surface area contributed by atoms with E-state index in [2.05, 4.69) is 0 Å². The quantitative estimate of drug-likeness (QED) is 0.653. The topological polar surface area (TPSA) is 107 Å². The van der Waals surface area contributed by atoms with E-state index in [9.17, 15) is 18.5 Å². The highest BCUT2D eigenvalue weighted by atomic mass is 35.5. The van der Waals surface area contributed by atoms with Crippen molar-refractivity contribution in [2.45, 2.75) is 38.1 Å². The highest BCUT2D eigenvalue weighted by Gasteiger charge is 2.39. The predicted molar refractivity (Wildman–Crippen MR) is 90.2 cm³/mol. The molecule has 1 aliphatic heterocycles. The molecule has 1 saturated heterocycles. The average Bonchev–Trinajstić information content (AvgIpc) is 2.41. The monoisotopic (exact) mass is 363 g/mol. The highest BCUT2D eigenvalue weighted by Crippen LogP contribution is 2.33. The van der Waals surface area contributed by atoms with Crippen molar-refractivity contribution in [3.63, 3.8) is 0 Å². The molecular formula is C14H22ClN3O4S. The third-order valence-corrected chi connectivity index (χ3v) is 6.34. The molecule has 1 aromatic carbocycles. The lowest BCUT2D eigenvalue weighted by molar-refractivity contribution is -0.385. The van der Waals surface area contributed by atoms with Gasteiger partial charge in [-0.05, 0) is 24.8 Å². The molecule has 0 aliphatic carbocycles. The zero-order chi connectivity index (χ0) is 16.7. The number of nitrogens with zero attached hydrogens (tertiary/aromatic N) is 2. The summed E-state index contributed by atoms with van der Waals surface area (Å²) in [6, 6.07) is 4.06. The molecule has 0 amide bonds. The van der Waals surface area contributed by atoms with Crippen LogP contribution in [0.4, 0.5) is 5.69 Å². The molecule has 0 bridgehead atoms. The van der Waals surface area contributed by atoms with Gasteiger partial charge in [0, 0.05) is 30.8 Å². The van der Waals surface area contributed by atoms with Crippen LogP contribution in [0, 0.1) is 22.5 Å². The summed E-state index contributed by atoms with van der Waals surface area (Å²) in [6.45, 7) is 5.96. The first-order valence-corrected chi connectivity index (χ1v) is 8.51. The van der Waals surface area contributed by atoms with Crippen molar-refractivity contribution in [2.24, 2.45) is 11.1 Å². The van der Waals surface area contributed by atoms with Gasteiger partial charge in [-0.3, -0.25) is 10.1 Å². The lowest BCUT2D eigenvalue weighted by Gasteiger charge is -2.41. The fourth-order valence-electron chi connectivity index (χ4n) is 2.75. The largest absolute Gasteiger partial charge is 0.327 e. The minimum atomic E-state index is -3.77. The zero-order valence-corrected chi connectivity index (χ0v) is 15.0. The first-order valence-electron chi connectivity index (χ1n) is 7.07. The molecular weight excluding hydrogens is 342 g/mol. The summed E-state index contributed by atoms with van der Waals surface area (Å²) in [5.41, 5.74) is 5.69. The second-order valence-electron chi connectivity index (χ2n) is 6.38. The van der Waals surface area contributed by atoms with Gasteiger partial charge < -0.3 is 5.73 Å². The highest BCUT2D eigenvalue weighted by molar-refractivity contribution is 7.89. The SMILES string of the molecule is Cc1c([N+](=O)[O-])cccc1S(=O)(=O)N1CCC(N)C(C)(C)C1.Cl. The van der Waals surface area contributed by atoms with E-state index < -0.39 is 14.9 Å². The third kappa shape index (κ3) is 3.65. The molecule has 130 valence electrons. The van der Waals surface area contributed by atoms with E-state index >= 15 is 0 Å². The van der Waals surface area contributed by atoms with Crippen LogP contribution in [0.3, 0.4) is 0 Å². The minimum Gasteiger partial charge on any atom is -0.327 e. The van der Waals surface area contributed by atoms with Crippen molar-refractivity contribution in [1.29, 1.82) is 0 Å². The van der Waals surface area contributed by atoms with Gasteiger partial charge in [0.2, 0.25) is 10.0 Å². The first-order chi connectivity index (χ1) is 10.1. The summed E-state index contributed by atoms with van der Waals surface area (Å²) in [5, 5.41) is 11.0. The molecule has 23 heavy (non-hydrogen) atoms. The minimum absolute atomic E-state index is 0. The van der Waals surface area contributed by atoms with Crippen LogP contribution in [-0.4, -0.2) is 36.8 Å². The van der Waals surface area contributed by atoms with Crippen molar-refractivity contribution in [3.05, 3.63) is 33.9 Å². The fourth-order valence-corrected chi connectivity index (χ4v) is 4.62. The number of benzene rings is 1. The molecule has 2 N–H and O–H groups in total. The number of nitro benzene ring substituents is 1. The Balaban J connectivity index is 0.00000264. The molecule has 1 aromatic rings. The number of nitrogens with two attached hydrogens (primary N) is 1. The van der Waals surface area contributed by atoms with E-state index in [1.54, 1.807) is 0 Å². The lowest BCUT2D eigenvalue weighted by Crippen LogP contribution is -2.53. The van der Waals surface area contributed by atoms with Gasteiger partial charge in [0.1, 0.15) is 0 Å². The summed E-state index contributed by atoms with van der Waals surface area (Å²) >= 11 is 0. The summed E-state index contributed by atoms with van der Waals surface area (Å²) in [5.74, 6) is 0. The molecule has 2 rings (SSSR count). The maximum Gasteiger partial charge on any atom is 0.273 e. The normalized spacial score (nSPS) is 21.5. The Morgan fingerprint density at radius 3 is 2.52 bits per heavy atom. The number of sulfonamides is 1. The van der Waals surface area contributed by atoms with E-state index in [0.717, 1.165) is 0 Å². The maximum absolute atomic E-state index is 12.8. The van der Waals surface area contributed by atoms with Gasteiger partial charge >= 0.3 is 0 Å². The van der Waals surface area contributed by atoms with E-state index in [1.807, 2.05) is 13.8 Å². The number of rotatable bonds is 3. The molecule has 9 heteroatoms. The Bertz CT molecular complexity index is 706. The Labute approximate surface area is 142 Å². The van der Waals surface area contributed by atoms with E-state index in [1.165, 1.54) is 29.4 Å². The predicted octanol–water partition coefficient (Wildman–Crippen LogP) is 2.07. The van der Waals surface area contributed by atoms with Crippen LogP contribution >= 0.6 is 12.4 Å². The molecule has 1 fully saturated rings. The smallest absolute Gasteiger partial charge is 0.273 e. The van der Waals surface area contributed by atoms with Gasteiger partial charge in [-0.15, -0.1) is 12.4 Å². The van der Waals surface area contributed by atoms with Crippen molar-refractivity contribution in [2.75, 3.05) is 13.1 Å². The lowest BCUT2D eigenvalue weighted by atomic mass is 9.81. The number of nitro groups is 1. The van der Waals surface area contributed by atoms with Crippen LogP contribution in [0.2, 0.25) is 0 Å². The molecule has 1 aliphatic rings. The third-order valence-electron chi connectivity index (χ3n) is 4.35. The average molecular weight is 364 g/mol. The molecule has 7 nitrogen and oxygen atoms in total. The Hall–Kier alpha value is -1.22. The van der Waals surface area contributed by atoms with Crippen LogP contribution < -0.4 is 5.73 Å². The van der Waals surface area contributed by atoms with Crippen LogP contribution in [-0.2, 0) is 10.0 Å². The second-order valence-corrected chi connectivity index (χ2v) is 8.29. The van der Waals surface area contributed by atoms with Gasteiger partial charge in [0.15, 0.2) is 0 Å². The summed E-state index contributed by atoms with van der Waals surface area (Å²) in [6.07, 6.45) is 0.570. The maximum atomic E-state index is 12.8. The molecule has 1 atom stereocenters. The van der Waals surface area contributed by atoms with Gasteiger partial charge in [0.05, 0.1) is 9.82 Å². The number of hydrogen-bond acceptors (Lipinski definition) is 5. The van der Waals surface area contributed by atoms with E-state index in [4.69, 9.17) is 5.73 Å². The molecule has 1 unspecified atom stereocenters. The Kier molecular flexibility index (Phi) is 5.79. The Morgan fingerprint density at radius 1 is 1.39 bits per heavy atom. The molecule has 0 aromatic heterocycles. The van der Waals surface area contributed by atoms with Gasteiger partial charge in [-0.2, -0.15) is 4.31 Å². The fraction of sp³-hybridized carbons (Fsp3) is 0.571.